The molecule has 0 aliphatic heterocycles. The molecule has 2 rings (SSSR count). The third kappa shape index (κ3) is 3.00. The highest BCUT2D eigenvalue weighted by Gasteiger charge is 2.31. The van der Waals surface area contributed by atoms with Crippen LogP contribution in [-0.2, 0) is 0 Å². The van der Waals surface area contributed by atoms with Crippen molar-refractivity contribution in [1.82, 2.24) is 4.98 Å². The molecule has 18 heavy (non-hydrogen) atoms. The number of carboxylic acid groups (broad SMARTS) is 1. The molecule has 1 amide bonds. The Morgan fingerprint density at radius 1 is 1.44 bits per heavy atom. The molecule has 0 bridgehead atoms. The zero-order valence-electron chi connectivity index (χ0n) is 8.49. The number of anilines is 1. The maximum absolute atomic E-state index is 12.0. The van der Waals surface area contributed by atoms with Crippen molar-refractivity contribution in [2.75, 3.05) is 5.32 Å². The number of carbonyl (C=O) groups is 1. The van der Waals surface area contributed by atoms with Gasteiger partial charge in [-0.25, -0.2) is 9.78 Å². The van der Waals surface area contributed by atoms with Crippen LogP contribution in [0.25, 0.3) is 10.2 Å². The predicted octanol–water partition coefficient (Wildman–Crippen LogP) is 3.28. The van der Waals surface area contributed by atoms with E-state index >= 15 is 0 Å². The van der Waals surface area contributed by atoms with Crippen LogP contribution in [0.4, 0.5) is 23.1 Å². The van der Waals surface area contributed by atoms with E-state index in [-0.39, 0.29) is 10.6 Å². The van der Waals surface area contributed by atoms with E-state index in [1.807, 2.05) is 5.32 Å². The van der Waals surface area contributed by atoms with Gasteiger partial charge >= 0.3 is 12.5 Å². The van der Waals surface area contributed by atoms with Crippen molar-refractivity contribution in [3.05, 3.63) is 18.2 Å². The number of ether oxygens (including phenoxy) is 1. The molecule has 0 aliphatic carbocycles. The van der Waals surface area contributed by atoms with Crippen LogP contribution < -0.4 is 10.1 Å². The van der Waals surface area contributed by atoms with Crippen molar-refractivity contribution in [1.29, 1.82) is 0 Å². The summed E-state index contributed by atoms with van der Waals surface area (Å²) in [7, 11) is 0. The number of nitrogens with zero attached hydrogens (tertiary/aromatic N) is 1. The molecule has 5 nitrogen and oxygen atoms in total. The van der Waals surface area contributed by atoms with Crippen LogP contribution in [0.1, 0.15) is 0 Å². The molecule has 0 saturated heterocycles. The molecule has 0 atom stereocenters. The average Bonchev–Trinajstić information content (AvgIpc) is 2.55. The normalized spacial score (nSPS) is 11.5. The quantitative estimate of drug-likeness (QED) is 0.884. The molecular weight excluding hydrogens is 273 g/mol. The molecule has 1 heterocycles. The van der Waals surface area contributed by atoms with E-state index in [9.17, 15) is 18.0 Å². The minimum absolute atomic E-state index is 0.0849. The fraction of sp³-hybridized carbons (Fsp3) is 0.111. The number of rotatable bonds is 2. The summed E-state index contributed by atoms with van der Waals surface area (Å²) < 4.78 is 40.2. The summed E-state index contributed by atoms with van der Waals surface area (Å²) in [6.45, 7) is 0. The molecule has 96 valence electrons. The first-order valence-corrected chi connectivity index (χ1v) is 5.31. The molecule has 0 fully saturated rings. The highest BCUT2D eigenvalue weighted by molar-refractivity contribution is 7.22. The van der Waals surface area contributed by atoms with Crippen molar-refractivity contribution in [3.63, 3.8) is 0 Å². The van der Waals surface area contributed by atoms with Gasteiger partial charge in [0.1, 0.15) is 5.75 Å². The number of thiazole rings is 1. The van der Waals surface area contributed by atoms with Crippen LogP contribution in [0.2, 0.25) is 0 Å². The summed E-state index contributed by atoms with van der Waals surface area (Å²) in [6, 6.07) is 3.60. The van der Waals surface area contributed by atoms with Gasteiger partial charge in [0, 0.05) is 6.07 Å². The molecule has 1 aromatic heterocycles. The molecule has 9 heteroatoms. The van der Waals surface area contributed by atoms with E-state index in [1.165, 1.54) is 6.07 Å². The van der Waals surface area contributed by atoms with E-state index in [1.54, 1.807) is 0 Å². The largest absolute Gasteiger partial charge is 0.573 e. The van der Waals surface area contributed by atoms with Crippen molar-refractivity contribution < 1.29 is 27.8 Å². The summed E-state index contributed by atoms with van der Waals surface area (Å²) in [5, 5.41) is 10.6. The molecule has 0 unspecified atom stereocenters. The van der Waals surface area contributed by atoms with Crippen LogP contribution in [0.3, 0.4) is 0 Å². The number of aromatic nitrogens is 1. The fourth-order valence-electron chi connectivity index (χ4n) is 1.25. The summed E-state index contributed by atoms with van der Waals surface area (Å²) in [4.78, 5) is 14.2. The summed E-state index contributed by atoms with van der Waals surface area (Å²) in [5.74, 6) is -0.401. The second-order valence-electron chi connectivity index (χ2n) is 3.13. The smallest absolute Gasteiger partial charge is 0.465 e. The van der Waals surface area contributed by atoms with E-state index in [4.69, 9.17) is 5.11 Å². The maximum atomic E-state index is 12.0. The first kappa shape index (κ1) is 12.4. The number of halogens is 3. The fourth-order valence-corrected chi connectivity index (χ4v) is 2.09. The second kappa shape index (κ2) is 4.33. The molecule has 2 aromatic rings. The standard InChI is InChI=1S/C9H5F3N2O3S/c10-9(11,12)17-4-1-2-6-5(3-4)13-7(18-6)14-8(15)16/h1-3H,(H,13,14)(H,15,16). The number of benzene rings is 1. The molecular formula is C9H5F3N2O3S. The second-order valence-corrected chi connectivity index (χ2v) is 4.16. The number of nitrogens with one attached hydrogen (secondary N) is 1. The van der Waals surface area contributed by atoms with Crippen LogP contribution in [0.15, 0.2) is 18.2 Å². The van der Waals surface area contributed by atoms with Gasteiger partial charge in [-0.1, -0.05) is 11.3 Å². The van der Waals surface area contributed by atoms with Crippen LogP contribution in [0, 0.1) is 0 Å². The average molecular weight is 278 g/mol. The Morgan fingerprint density at radius 2 is 2.17 bits per heavy atom. The van der Waals surface area contributed by atoms with Crippen molar-refractivity contribution in [2.45, 2.75) is 6.36 Å². The van der Waals surface area contributed by atoms with E-state index in [2.05, 4.69) is 9.72 Å². The molecule has 0 saturated carbocycles. The number of hydrogen-bond donors (Lipinski definition) is 2. The van der Waals surface area contributed by atoms with Gasteiger partial charge in [0.2, 0.25) is 0 Å². The first-order valence-electron chi connectivity index (χ1n) is 4.50. The molecule has 0 spiro atoms. The Balaban J connectivity index is 2.30. The SMILES string of the molecule is O=C(O)Nc1nc2cc(OC(F)(F)F)ccc2s1. The van der Waals surface area contributed by atoms with Gasteiger partial charge in [0.25, 0.3) is 0 Å². The van der Waals surface area contributed by atoms with Crippen LogP contribution >= 0.6 is 11.3 Å². The molecule has 0 aliphatic rings. The number of hydrogen-bond acceptors (Lipinski definition) is 4. The highest BCUT2D eigenvalue weighted by Crippen LogP contribution is 2.31. The minimum atomic E-state index is -4.77. The van der Waals surface area contributed by atoms with Crippen LogP contribution in [0.5, 0.6) is 5.75 Å². The zero-order chi connectivity index (χ0) is 13.3. The summed E-state index contributed by atoms with van der Waals surface area (Å²) in [6.07, 6.45) is -6.06. The minimum Gasteiger partial charge on any atom is -0.465 e. The predicted molar refractivity (Wildman–Crippen MR) is 58.0 cm³/mol. The monoisotopic (exact) mass is 278 g/mol. The molecule has 2 N–H and O–H groups in total. The maximum Gasteiger partial charge on any atom is 0.573 e. The Kier molecular flexibility index (Phi) is 2.99. The lowest BCUT2D eigenvalue weighted by atomic mass is 10.3. The molecule has 1 aromatic carbocycles. The third-order valence-corrected chi connectivity index (χ3v) is 2.76. The summed E-state index contributed by atoms with van der Waals surface area (Å²) in [5.41, 5.74) is 0.227. The van der Waals surface area contributed by atoms with Gasteiger partial charge in [0.05, 0.1) is 10.2 Å². The van der Waals surface area contributed by atoms with Gasteiger partial charge in [-0.3, -0.25) is 5.32 Å². The van der Waals surface area contributed by atoms with Gasteiger partial charge in [-0.2, -0.15) is 0 Å². The zero-order valence-corrected chi connectivity index (χ0v) is 9.30. The number of alkyl halides is 3. The Labute approximate surface area is 102 Å². The summed E-state index contributed by atoms with van der Waals surface area (Å²) >= 11 is 1.01. The van der Waals surface area contributed by atoms with Gasteiger partial charge in [-0.05, 0) is 12.1 Å². The Bertz CT molecular complexity index is 596. The lowest BCUT2D eigenvalue weighted by Gasteiger charge is -2.07. The van der Waals surface area contributed by atoms with Crippen LogP contribution in [-0.4, -0.2) is 22.5 Å². The van der Waals surface area contributed by atoms with Gasteiger partial charge in [0.15, 0.2) is 5.13 Å². The van der Waals surface area contributed by atoms with E-state index in [0.29, 0.717) is 4.70 Å². The lowest BCUT2D eigenvalue weighted by molar-refractivity contribution is -0.274. The lowest BCUT2D eigenvalue weighted by Crippen LogP contribution is -2.16. The number of fused-ring (bicyclic) bond motifs is 1. The Hall–Kier alpha value is -2.03. The third-order valence-electron chi connectivity index (χ3n) is 1.81. The Morgan fingerprint density at radius 3 is 2.78 bits per heavy atom. The van der Waals surface area contributed by atoms with E-state index < -0.39 is 18.2 Å². The van der Waals surface area contributed by atoms with Crippen molar-refractivity contribution >= 4 is 32.8 Å². The number of amides is 1. The van der Waals surface area contributed by atoms with Gasteiger partial charge < -0.3 is 9.84 Å². The first-order chi connectivity index (χ1) is 8.33. The molecule has 0 radical (unpaired) electrons. The van der Waals surface area contributed by atoms with Gasteiger partial charge in [-0.15, -0.1) is 13.2 Å². The topological polar surface area (TPSA) is 71.5 Å². The van der Waals surface area contributed by atoms with Crippen molar-refractivity contribution in [3.8, 4) is 5.75 Å². The van der Waals surface area contributed by atoms with Crippen molar-refractivity contribution in [2.24, 2.45) is 0 Å². The highest BCUT2D eigenvalue weighted by atomic mass is 32.1. The van der Waals surface area contributed by atoms with E-state index in [0.717, 1.165) is 23.5 Å².